The molecule has 1 rings (SSSR count). The number of carbonyl (C=O) groups is 2. The van der Waals surface area contributed by atoms with Gasteiger partial charge in [0.2, 0.25) is 11.8 Å². The summed E-state index contributed by atoms with van der Waals surface area (Å²) < 4.78 is 0. The topological polar surface area (TPSA) is 70.2 Å². The quantitative estimate of drug-likeness (QED) is 0.635. The second kappa shape index (κ2) is 5.52. The van der Waals surface area contributed by atoms with E-state index in [1.807, 2.05) is 20.8 Å². The summed E-state index contributed by atoms with van der Waals surface area (Å²) in [6.45, 7) is 10.7. The van der Waals surface area contributed by atoms with Crippen LogP contribution in [-0.2, 0) is 9.59 Å². The van der Waals surface area contributed by atoms with E-state index in [0.717, 1.165) is 18.7 Å². The molecular formula is C13H23N3O2. The minimum absolute atomic E-state index is 0.164. The Balaban J connectivity index is 2.52. The predicted octanol–water partition coefficient (Wildman–Crippen LogP) is 0.325. The molecule has 2 amide bonds. The lowest BCUT2D eigenvalue weighted by Gasteiger charge is -2.25. The van der Waals surface area contributed by atoms with Crippen LogP contribution in [0.5, 0.6) is 0 Å². The SMILES string of the molecule is CC(C(=O)NC(C)C(=O)NC(C)(C)C)=C1CNC1. The minimum Gasteiger partial charge on any atom is -0.350 e. The molecule has 0 saturated carbocycles. The molecule has 0 spiro atoms. The Labute approximate surface area is 108 Å². The molecule has 1 atom stereocenters. The highest BCUT2D eigenvalue weighted by Crippen LogP contribution is 2.09. The second-order valence-corrected chi connectivity index (χ2v) is 5.77. The number of amides is 2. The van der Waals surface area contributed by atoms with Crippen molar-refractivity contribution in [3.8, 4) is 0 Å². The van der Waals surface area contributed by atoms with Gasteiger partial charge >= 0.3 is 0 Å². The fourth-order valence-corrected chi connectivity index (χ4v) is 1.52. The van der Waals surface area contributed by atoms with Gasteiger partial charge < -0.3 is 16.0 Å². The maximum absolute atomic E-state index is 11.9. The first kappa shape index (κ1) is 14.7. The predicted molar refractivity (Wildman–Crippen MR) is 71.1 cm³/mol. The Bertz CT molecular complexity index is 374. The molecule has 102 valence electrons. The number of hydrogen-bond acceptors (Lipinski definition) is 3. The third-order valence-electron chi connectivity index (χ3n) is 2.79. The lowest BCUT2D eigenvalue weighted by molar-refractivity contribution is -0.128. The second-order valence-electron chi connectivity index (χ2n) is 5.77. The molecule has 0 aromatic carbocycles. The van der Waals surface area contributed by atoms with Crippen molar-refractivity contribution in [2.24, 2.45) is 0 Å². The van der Waals surface area contributed by atoms with Gasteiger partial charge in [0, 0.05) is 24.2 Å². The zero-order valence-electron chi connectivity index (χ0n) is 11.8. The van der Waals surface area contributed by atoms with Gasteiger partial charge in [-0.05, 0) is 40.2 Å². The molecule has 1 unspecified atom stereocenters. The van der Waals surface area contributed by atoms with Gasteiger partial charge in [-0.3, -0.25) is 9.59 Å². The molecule has 0 radical (unpaired) electrons. The third-order valence-corrected chi connectivity index (χ3v) is 2.79. The van der Waals surface area contributed by atoms with Crippen LogP contribution in [0.25, 0.3) is 0 Å². The van der Waals surface area contributed by atoms with Crippen LogP contribution in [-0.4, -0.2) is 36.5 Å². The van der Waals surface area contributed by atoms with Crippen LogP contribution in [0, 0.1) is 0 Å². The summed E-state index contributed by atoms with van der Waals surface area (Å²) in [5.41, 5.74) is 1.53. The van der Waals surface area contributed by atoms with Crippen LogP contribution in [0.1, 0.15) is 34.6 Å². The van der Waals surface area contributed by atoms with Crippen molar-refractivity contribution in [3.63, 3.8) is 0 Å². The van der Waals surface area contributed by atoms with Gasteiger partial charge in [0.05, 0.1) is 0 Å². The van der Waals surface area contributed by atoms with E-state index in [-0.39, 0.29) is 17.4 Å². The highest BCUT2D eigenvalue weighted by Gasteiger charge is 2.22. The van der Waals surface area contributed by atoms with Crippen molar-refractivity contribution in [1.82, 2.24) is 16.0 Å². The largest absolute Gasteiger partial charge is 0.350 e. The first-order valence-corrected chi connectivity index (χ1v) is 6.23. The van der Waals surface area contributed by atoms with E-state index in [0.29, 0.717) is 5.57 Å². The van der Waals surface area contributed by atoms with Gasteiger partial charge in [-0.15, -0.1) is 0 Å². The van der Waals surface area contributed by atoms with E-state index in [2.05, 4.69) is 16.0 Å². The van der Waals surface area contributed by atoms with Crippen molar-refractivity contribution in [1.29, 1.82) is 0 Å². The molecule has 0 aromatic heterocycles. The zero-order valence-corrected chi connectivity index (χ0v) is 11.8. The molecule has 1 aliphatic heterocycles. The van der Waals surface area contributed by atoms with Crippen LogP contribution >= 0.6 is 0 Å². The monoisotopic (exact) mass is 253 g/mol. The molecule has 0 aromatic rings. The number of rotatable bonds is 3. The average Bonchev–Trinajstić information content (AvgIpc) is 2.11. The molecule has 1 saturated heterocycles. The zero-order chi connectivity index (χ0) is 13.9. The molecule has 18 heavy (non-hydrogen) atoms. The number of hydrogen-bond donors (Lipinski definition) is 3. The van der Waals surface area contributed by atoms with Crippen LogP contribution in [0.15, 0.2) is 11.1 Å². The molecule has 1 fully saturated rings. The van der Waals surface area contributed by atoms with Crippen LogP contribution in [0.2, 0.25) is 0 Å². The number of nitrogens with one attached hydrogen (secondary N) is 3. The lowest BCUT2D eigenvalue weighted by atomic mass is 10.0. The summed E-state index contributed by atoms with van der Waals surface area (Å²) in [4.78, 5) is 23.7. The fourth-order valence-electron chi connectivity index (χ4n) is 1.52. The maximum Gasteiger partial charge on any atom is 0.247 e. The molecule has 3 N–H and O–H groups in total. The Morgan fingerprint density at radius 1 is 1.28 bits per heavy atom. The third kappa shape index (κ3) is 4.14. The summed E-state index contributed by atoms with van der Waals surface area (Å²) >= 11 is 0. The van der Waals surface area contributed by atoms with E-state index in [4.69, 9.17) is 0 Å². The summed E-state index contributed by atoms with van der Waals surface area (Å²) in [5.74, 6) is -0.330. The van der Waals surface area contributed by atoms with Gasteiger partial charge in [-0.1, -0.05) is 0 Å². The smallest absolute Gasteiger partial charge is 0.247 e. The normalized spacial score (nSPS) is 16.6. The highest BCUT2D eigenvalue weighted by atomic mass is 16.2. The van der Waals surface area contributed by atoms with Gasteiger partial charge in [0.25, 0.3) is 0 Å². The average molecular weight is 253 g/mol. The Morgan fingerprint density at radius 2 is 1.83 bits per heavy atom. The van der Waals surface area contributed by atoms with E-state index in [9.17, 15) is 9.59 Å². The summed E-state index contributed by atoms with van der Waals surface area (Å²) in [6, 6.07) is -0.527. The molecule has 0 aliphatic carbocycles. The van der Waals surface area contributed by atoms with Crippen LogP contribution < -0.4 is 16.0 Å². The lowest BCUT2D eigenvalue weighted by Crippen LogP contribution is -2.51. The highest BCUT2D eigenvalue weighted by molar-refractivity contribution is 5.97. The molecule has 5 nitrogen and oxygen atoms in total. The molecule has 5 heteroatoms. The minimum atomic E-state index is -0.527. The van der Waals surface area contributed by atoms with Gasteiger partial charge in [0.15, 0.2) is 0 Å². The Hall–Kier alpha value is -1.36. The van der Waals surface area contributed by atoms with Crippen molar-refractivity contribution in [2.45, 2.75) is 46.2 Å². The molecule has 1 heterocycles. The van der Waals surface area contributed by atoms with E-state index in [1.54, 1.807) is 13.8 Å². The van der Waals surface area contributed by atoms with Crippen LogP contribution in [0.3, 0.4) is 0 Å². The van der Waals surface area contributed by atoms with E-state index >= 15 is 0 Å². The summed E-state index contributed by atoms with van der Waals surface area (Å²) in [5, 5.41) is 8.64. The first-order chi connectivity index (χ1) is 8.20. The van der Waals surface area contributed by atoms with Gasteiger partial charge in [-0.2, -0.15) is 0 Å². The summed E-state index contributed by atoms with van der Waals surface area (Å²) in [6.07, 6.45) is 0. The van der Waals surface area contributed by atoms with Crippen LogP contribution in [0.4, 0.5) is 0 Å². The number of carbonyl (C=O) groups excluding carboxylic acids is 2. The van der Waals surface area contributed by atoms with Gasteiger partial charge in [-0.25, -0.2) is 0 Å². The first-order valence-electron chi connectivity index (χ1n) is 6.23. The fraction of sp³-hybridized carbons (Fsp3) is 0.692. The van der Waals surface area contributed by atoms with Crippen molar-refractivity contribution in [3.05, 3.63) is 11.1 Å². The van der Waals surface area contributed by atoms with E-state index < -0.39 is 6.04 Å². The van der Waals surface area contributed by atoms with Gasteiger partial charge in [0.1, 0.15) is 6.04 Å². The summed E-state index contributed by atoms with van der Waals surface area (Å²) in [7, 11) is 0. The van der Waals surface area contributed by atoms with Crippen molar-refractivity contribution < 1.29 is 9.59 Å². The molecule has 1 aliphatic rings. The molecule has 0 bridgehead atoms. The Morgan fingerprint density at radius 3 is 2.22 bits per heavy atom. The Kier molecular flexibility index (Phi) is 4.51. The molecular weight excluding hydrogens is 230 g/mol. The standard InChI is InChI=1S/C13H23N3O2/c1-8(10-6-14-7-10)11(17)15-9(2)12(18)16-13(3,4)5/h9,14H,6-7H2,1-5H3,(H,15,17)(H,16,18). The maximum atomic E-state index is 11.9. The van der Waals surface area contributed by atoms with Crippen molar-refractivity contribution >= 4 is 11.8 Å². The van der Waals surface area contributed by atoms with Crippen molar-refractivity contribution in [2.75, 3.05) is 13.1 Å². The van der Waals surface area contributed by atoms with E-state index in [1.165, 1.54) is 0 Å².